The van der Waals surface area contributed by atoms with Crippen molar-refractivity contribution in [2.45, 2.75) is 13.2 Å². The number of rotatable bonds is 3. The number of halogens is 1. The highest BCUT2D eigenvalue weighted by atomic mass is 79.9. The Hall–Kier alpha value is -1.52. The minimum atomic E-state index is 0.585. The van der Waals surface area contributed by atoms with Crippen molar-refractivity contribution in [3.8, 4) is 5.75 Å². The van der Waals surface area contributed by atoms with Crippen molar-refractivity contribution in [2.75, 3.05) is 25.7 Å². The SMILES string of the molecule is CN1Cc2cc(Br)c(OCc3ccccc3)cc2N(C)C1. The van der Waals surface area contributed by atoms with Gasteiger partial charge in [-0.05, 0) is 40.2 Å². The van der Waals surface area contributed by atoms with Gasteiger partial charge in [0, 0.05) is 25.3 Å². The Bertz CT molecular complexity index is 630. The van der Waals surface area contributed by atoms with Crippen LogP contribution in [0.1, 0.15) is 11.1 Å². The molecule has 0 spiro atoms. The number of ether oxygens (including phenoxy) is 1. The lowest BCUT2D eigenvalue weighted by atomic mass is 10.1. The zero-order valence-electron chi connectivity index (χ0n) is 12.3. The highest BCUT2D eigenvalue weighted by Crippen LogP contribution is 2.36. The molecule has 0 saturated heterocycles. The Morgan fingerprint density at radius 3 is 2.67 bits per heavy atom. The molecule has 0 atom stereocenters. The summed E-state index contributed by atoms with van der Waals surface area (Å²) in [6, 6.07) is 14.5. The molecule has 21 heavy (non-hydrogen) atoms. The van der Waals surface area contributed by atoms with E-state index in [2.05, 4.69) is 64.1 Å². The van der Waals surface area contributed by atoms with E-state index in [4.69, 9.17) is 4.74 Å². The van der Waals surface area contributed by atoms with Crippen LogP contribution in [0.3, 0.4) is 0 Å². The topological polar surface area (TPSA) is 15.7 Å². The standard InChI is InChI=1S/C17H19BrN2O/c1-19-10-14-8-15(18)17(9-16(14)20(2)12-19)21-11-13-6-4-3-5-7-13/h3-9H,10-12H2,1-2H3. The minimum Gasteiger partial charge on any atom is -0.488 e. The Labute approximate surface area is 134 Å². The van der Waals surface area contributed by atoms with Gasteiger partial charge in [-0.25, -0.2) is 0 Å². The summed E-state index contributed by atoms with van der Waals surface area (Å²) in [6.07, 6.45) is 0. The van der Waals surface area contributed by atoms with Gasteiger partial charge in [-0.3, -0.25) is 4.90 Å². The molecule has 0 aliphatic carbocycles. The molecule has 0 amide bonds. The van der Waals surface area contributed by atoms with E-state index < -0.39 is 0 Å². The maximum atomic E-state index is 5.98. The van der Waals surface area contributed by atoms with Crippen molar-refractivity contribution in [3.63, 3.8) is 0 Å². The monoisotopic (exact) mass is 346 g/mol. The third-order valence-electron chi connectivity index (χ3n) is 3.68. The third kappa shape index (κ3) is 3.22. The zero-order valence-corrected chi connectivity index (χ0v) is 13.9. The summed E-state index contributed by atoms with van der Waals surface area (Å²) < 4.78 is 6.99. The fourth-order valence-corrected chi connectivity index (χ4v) is 3.20. The molecule has 0 bridgehead atoms. The van der Waals surface area contributed by atoms with Crippen LogP contribution in [0.2, 0.25) is 0 Å². The van der Waals surface area contributed by atoms with Gasteiger partial charge in [-0.1, -0.05) is 30.3 Å². The molecule has 0 fully saturated rings. The van der Waals surface area contributed by atoms with Crippen LogP contribution in [0.5, 0.6) is 5.75 Å². The van der Waals surface area contributed by atoms with E-state index in [-0.39, 0.29) is 0 Å². The number of anilines is 1. The van der Waals surface area contributed by atoms with Crippen LogP contribution in [0.15, 0.2) is 46.9 Å². The van der Waals surface area contributed by atoms with Crippen LogP contribution in [-0.2, 0) is 13.2 Å². The van der Waals surface area contributed by atoms with Crippen LogP contribution in [-0.4, -0.2) is 25.7 Å². The number of benzene rings is 2. The van der Waals surface area contributed by atoms with Crippen LogP contribution >= 0.6 is 15.9 Å². The molecule has 0 N–H and O–H groups in total. The number of nitrogens with zero attached hydrogens (tertiary/aromatic N) is 2. The molecule has 0 aromatic heterocycles. The highest BCUT2D eigenvalue weighted by Gasteiger charge is 2.19. The van der Waals surface area contributed by atoms with E-state index in [0.29, 0.717) is 6.61 Å². The van der Waals surface area contributed by atoms with E-state index in [1.54, 1.807) is 0 Å². The molecule has 4 heteroatoms. The molecular weight excluding hydrogens is 328 g/mol. The first-order valence-electron chi connectivity index (χ1n) is 7.02. The number of hydrogen-bond donors (Lipinski definition) is 0. The van der Waals surface area contributed by atoms with Gasteiger partial charge in [0.25, 0.3) is 0 Å². The molecule has 1 heterocycles. The van der Waals surface area contributed by atoms with Crippen molar-refractivity contribution < 1.29 is 4.74 Å². The fraction of sp³-hybridized carbons (Fsp3) is 0.294. The second kappa shape index (κ2) is 6.08. The van der Waals surface area contributed by atoms with Gasteiger partial charge in [0.05, 0.1) is 11.1 Å². The first-order chi connectivity index (χ1) is 10.1. The number of hydrogen-bond acceptors (Lipinski definition) is 3. The highest BCUT2D eigenvalue weighted by molar-refractivity contribution is 9.10. The Kier molecular flexibility index (Phi) is 4.17. The summed E-state index contributed by atoms with van der Waals surface area (Å²) >= 11 is 3.63. The smallest absolute Gasteiger partial charge is 0.136 e. The summed E-state index contributed by atoms with van der Waals surface area (Å²) in [4.78, 5) is 4.54. The normalized spacial score (nSPS) is 14.9. The van der Waals surface area contributed by atoms with E-state index in [1.165, 1.54) is 16.8 Å². The van der Waals surface area contributed by atoms with Crippen molar-refractivity contribution in [1.82, 2.24) is 4.90 Å². The molecular formula is C17H19BrN2O. The first-order valence-corrected chi connectivity index (χ1v) is 7.81. The lowest BCUT2D eigenvalue weighted by Crippen LogP contribution is -2.37. The van der Waals surface area contributed by atoms with Gasteiger partial charge in [0.15, 0.2) is 0 Å². The molecule has 0 radical (unpaired) electrons. The molecule has 2 aromatic rings. The summed E-state index contributed by atoms with van der Waals surface area (Å²) in [7, 11) is 4.25. The summed E-state index contributed by atoms with van der Waals surface area (Å²) in [5.74, 6) is 0.897. The lowest BCUT2D eigenvalue weighted by molar-refractivity contribution is 0.299. The van der Waals surface area contributed by atoms with Crippen molar-refractivity contribution in [2.24, 2.45) is 0 Å². The molecule has 3 rings (SSSR count). The predicted molar refractivity (Wildman–Crippen MR) is 89.7 cm³/mol. The average Bonchev–Trinajstić information content (AvgIpc) is 2.46. The van der Waals surface area contributed by atoms with Crippen molar-refractivity contribution in [3.05, 3.63) is 58.1 Å². The molecule has 110 valence electrons. The Balaban J connectivity index is 1.82. The maximum Gasteiger partial charge on any atom is 0.136 e. The molecule has 0 saturated carbocycles. The molecule has 1 aliphatic heterocycles. The van der Waals surface area contributed by atoms with E-state index in [0.717, 1.165) is 23.4 Å². The van der Waals surface area contributed by atoms with Gasteiger partial charge >= 0.3 is 0 Å². The minimum absolute atomic E-state index is 0.585. The van der Waals surface area contributed by atoms with Crippen LogP contribution in [0, 0.1) is 0 Å². The van der Waals surface area contributed by atoms with E-state index in [1.807, 2.05) is 18.2 Å². The molecule has 3 nitrogen and oxygen atoms in total. The lowest BCUT2D eigenvalue weighted by Gasteiger charge is -2.34. The fourth-order valence-electron chi connectivity index (χ4n) is 2.69. The second-order valence-electron chi connectivity index (χ2n) is 5.54. The average molecular weight is 347 g/mol. The van der Waals surface area contributed by atoms with Gasteiger partial charge in [0.1, 0.15) is 12.4 Å². The van der Waals surface area contributed by atoms with E-state index in [9.17, 15) is 0 Å². The molecule has 0 unspecified atom stereocenters. The largest absolute Gasteiger partial charge is 0.488 e. The second-order valence-corrected chi connectivity index (χ2v) is 6.39. The predicted octanol–water partition coefficient (Wildman–Crippen LogP) is 3.87. The van der Waals surface area contributed by atoms with Crippen molar-refractivity contribution in [1.29, 1.82) is 0 Å². The summed E-state index contributed by atoms with van der Waals surface area (Å²) in [6.45, 7) is 2.49. The molecule has 1 aliphatic rings. The molecule has 2 aromatic carbocycles. The Morgan fingerprint density at radius 1 is 1.14 bits per heavy atom. The summed E-state index contributed by atoms with van der Waals surface area (Å²) in [5.41, 5.74) is 3.75. The Morgan fingerprint density at radius 2 is 1.90 bits per heavy atom. The third-order valence-corrected chi connectivity index (χ3v) is 4.30. The van der Waals surface area contributed by atoms with Gasteiger partial charge in [0.2, 0.25) is 0 Å². The summed E-state index contributed by atoms with van der Waals surface area (Å²) in [5, 5.41) is 0. The van der Waals surface area contributed by atoms with Crippen molar-refractivity contribution >= 4 is 21.6 Å². The number of fused-ring (bicyclic) bond motifs is 1. The quantitative estimate of drug-likeness (QED) is 0.838. The van der Waals surface area contributed by atoms with Crippen LogP contribution < -0.4 is 9.64 Å². The van der Waals surface area contributed by atoms with Crippen LogP contribution in [0.25, 0.3) is 0 Å². The first kappa shape index (κ1) is 14.4. The van der Waals surface area contributed by atoms with Gasteiger partial charge < -0.3 is 9.64 Å². The van der Waals surface area contributed by atoms with Crippen LogP contribution in [0.4, 0.5) is 5.69 Å². The van der Waals surface area contributed by atoms with E-state index >= 15 is 0 Å². The van der Waals surface area contributed by atoms with Gasteiger partial charge in [-0.15, -0.1) is 0 Å². The maximum absolute atomic E-state index is 5.98. The zero-order chi connectivity index (χ0) is 14.8. The van der Waals surface area contributed by atoms with Gasteiger partial charge in [-0.2, -0.15) is 0 Å².